The zero-order valence-corrected chi connectivity index (χ0v) is 10.9. The maximum absolute atomic E-state index is 5.89. The molecule has 0 unspecified atom stereocenters. The van der Waals surface area contributed by atoms with E-state index in [4.69, 9.17) is 5.73 Å². The highest BCUT2D eigenvalue weighted by atomic mass is 14.9. The number of rotatable bonds is 2. The molecule has 17 heavy (non-hydrogen) atoms. The van der Waals surface area contributed by atoms with Crippen molar-refractivity contribution in [2.45, 2.75) is 64.3 Å². The highest BCUT2D eigenvalue weighted by molar-refractivity contribution is 5.20. The van der Waals surface area contributed by atoms with Gasteiger partial charge in [-0.05, 0) is 26.7 Å². The lowest BCUT2D eigenvalue weighted by Gasteiger charge is -2.15. The topological polar surface area (TPSA) is 51.8 Å². The molecular weight excluding hydrogens is 210 g/mol. The monoisotopic (exact) mass is 233 g/mol. The Labute approximate surface area is 104 Å². The molecule has 1 saturated carbocycles. The minimum atomic E-state index is 0.0261. The van der Waals surface area contributed by atoms with Gasteiger partial charge in [-0.1, -0.05) is 25.7 Å². The number of nitrogens with zero attached hydrogens (tertiary/aromatic N) is 2. The molecule has 1 atom stereocenters. The molecule has 0 aliphatic heterocycles. The van der Waals surface area contributed by atoms with Crippen LogP contribution in [0.3, 0.4) is 0 Å². The van der Waals surface area contributed by atoms with Crippen LogP contribution in [-0.4, -0.2) is 9.97 Å². The smallest absolute Gasteiger partial charge is 0.131 e. The predicted octanol–water partition coefficient (Wildman–Crippen LogP) is 3.24. The van der Waals surface area contributed by atoms with Crippen LogP contribution in [0.5, 0.6) is 0 Å². The van der Waals surface area contributed by atoms with Gasteiger partial charge in [0.15, 0.2) is 0 Å². The first-order valence-corrected chi connectivity index (χ1v) is 6.77. The van der Waals surface area contributed by atoms with Crippen molar-refractivity contribution in [1.29, 1.82) is 0 Å². The normalized spacial score (nSPS) is 19.9. The third-order valence-corrected chi connectivity index (χ3v) is 3.75. The molecule has 0 saturated heterocycles. The summed E-state index contributed by atoms with van der Waals surface area (Å²) in [5, 5.41) is 0. The van der Waals surface area contributed by atoms with E-state index < -0.39 is 0 Å². The van der Waals surface area contributed by atoms with E-state index in [1.807, 2.05) is 20.0 Å². The molecule has 0 radical (unpaired) electrons. The van der Waals surface area contributed by atoms with Gasteiger partial charge in [-0.25, -0.2) is 9.97 Å². The van der Waals surface area contributed by atoms with Crippen LogP contribution in [0.2, 0.25) is 0 Å². The lowest BCUT2D eigenvalue weighted by atomic mass is 9.99. The molecule has 0 amide bonds. The Morgan fingerprint density at radius 2 is 1.88 bits per heavy atom. The summed E-state index contributed by atoms with van der Waals surface area (Å²) in [6.45, 7) is 4.03. The van der Waals surface area contributed by atoms with Crippen molar-refractivity contribution < 1.29 is 0 Å². The molecule has 0 aromatic carbocycles. The number of nitrogens with two attached hydrogens (primary N) is 1. The first-order valence-electron chi connectivity index (χ1n) is 6.77. The van der Waals surface area contributed by atoms with Crippen molar-refractivity contribution in [3.8, 4) is 0 Å². The lowest BCUT2D eigenvalue weighted by Crippen LogP contribution is -2.12. The Balaban J connectivity index is 2.18. The van der Waals surface area contributed by atoms with Gasteiger partial charge >= 0.3 is 0 Å². The van der Waals surface area contributed by atoms with Crippen LogP contribution in [0.15, 0.2) is 6.20 Å². The SMILES string of the molecule is Cc1nc(C2CCCCCC2)ncc1[C@H](C)N. The maximum atomic E-state index is 5.89. The van der Waals surface area contributed by atoms with Gasteiger partial charge < -0.3 is 5.73 Å². The molecule has 1 heterocycles. The zero-order chi connectivity index (χ0) is 12.3. The highest BCUT2D eigenvalue weighted by Crippen LogP contribution is 2.30. The Bertz CT molecular complexity index is 366. The van der Waals surface area contributed by atoms with E-state index in [9.17, 15) is 0 Å². The summed E-state index contributed by atoms with van der Waals surface area (Å²) in [7, 11) is 0. The number of hydrogen-bond acceptors (Lipinski definition) is 3. The van der Waals surface area contributed by atoms with Crippen molar-refractivity contribution in [3.05, 3.63) is 23.3 Å². The van der Waals surface area contributed by atoms with Crippen LogP contribution in [0.1, 0.15) is 74.5 Å². The van der Waals surface area contributed by atoms with Gasteiger partial charge in [0, 0.05) is 29.4 Å². The fraction of sp³-hybridized carbons (Fsp3) is 0.714. The maximum Gasteiger partial charge on any atom is 0.131 e. The quantitative estimate of drug-likeness (QED) is 0.798. The summed E-state index contributed by atoms with van der Waals surface area (Å²) in [6.07, 6.45) is 9.80. The van der Waals surface area contributed by atoms with Gasteiger partial charge in [-0.3, -0.25) is 0 Å². The molecule has 1 aromatic heterocycles. The van der Waals surface area contributed by atoms with E-state index in [1.165, 1.54) is 38.5 Å². The van der Waals surface area contributed by atoms with E-state index >= 15 is 0 Å². The van der Waals surface area contributed by atoms with E-state index in [-0.39, 0.29) is 6.04 Å². The van der Waals surface area contributed by atoms with Gasteiger partial charge in [0.05, 0.1) is 0 Å². The third-order valence-electron chi connectivity index (χ3n) is 3.75. The van der Waals surface area contributed by atoms with Crippen molar-refractivity contribution in [2.24, 2.45) is 5.73 Å². The van der Waals surface area contributed by atoms with Gasteiger partial charge in [0.25, 0.3) is 0 Å². The average molecular weight is 233 g/mol. The molecule has 1 aromatic rings. The van der Waals surface area contributed by atoms with Crippen LogP contribution in [0.25, 0.3) is 0 Å². The summed E-state index contributed by atoms with van der Waals surface area (Å²) in [6, 6.07) is 0.0261. The fourth-order valence-electron chi connectivity index (χ4n) is 2.68. The predicted molar refractivity (Wildman–Crippen MR) is 69.8 cm³/mol. The lowest BCUT2D eigenvalue weighted by molar-refractivity contribution is 0.556. The average Bonchev–Trinajstić information content (AvgIpc) is 2.56. The summed E-state index contributed by atoms with van der Waals surface area (Å²) in [5.74, 6) is 1.60. The Hall–Kier alpha value is -0.960. The van der Waals surface area contributed by atoms with E-state index in [0.29, 0.717) is 5.92 Å². The van der Waals surface area contributed by atoms with E-state index in [0.717, 1.165) is 17.1 Å². The zero-order valence-electron chi connectivity index (χ0n) is 10.9. The van der Waals surface area contributed by atoms with Crippen LogP contribution in [0, 0.1) is 6.92 Å². The summed E-state index contributed by atoms with van der Waals surface area (Å²) >= 11 is 0. The van der Waals surface area contributed by atoms with E-state index in [2.05, 4.69) is 9.97 Å². The molecule has 1 aliphatic carbocycles. The summed E-state index contributed by atoms with van der Waals surface area (Å²) in [5.41, 5.74) is 8.01. The van der Waals surface area contributed by atoms with Gasteiger partial charge in [-0.2, -0.15) is 0 Å². The second kappa shape index (κ2) is 5.58. The molecule has 94 valence electrons. The first-order chi connectivity index (χ1) is 8.18. The number of aromatic nitrogens is 2. The summed E-state index contributed by atoms with van der Waals surface area (Å²) in [4.78, 5) is 9.20. The van der Waals surface area contributed by atoms with Gasteiger partial charge in [0.1, 0.15) is 5.82 Å². The molecular formula is C14H23N3. The second-order valence-electron chi connectivity index (χ2n) is 5.25. The Morgan fingerprint density at radius 3 is 2.41 bits per heavy atom. The molecule has 3 heteroatoms. The molecule has 2 N–H and O–H groups in total. The van der Waals surface area contributed by atoms with Crippen LogP contribution >= 0.6 is 0 Å². The molecule has 0 spiro atoms. The van der Waals surface area contributed by atoms with Crippen molar-refractivity contribution in [2.75, 3.05) is 0 Å². The molecule has 1 fully saturated rings. The second-order valence-corrected chi connectivity index (χ2v) is 5.25. The summed E-state index contributed by atoms with van der Waals surface area (Å²) < 4.78 is 0. The largest absolute Gasteiger partial charge is 0.324 e. The standard InChI is InChI=1S/C14H23N3/c1-10(15)13-9-16-14(17-11(13)2)12-7-5-3-4-6-8-12/h9-10,12H,3-8,15H2,1-2H3/t10-/m0/s1. The van der Waals surface area contributed by atoms with Crippen LogP contribution in [-0.2, 0) is 0 Å². The highest BCUT2D eigenvalue weighted by Gasteiger charge is 2.18. The van der Waals surface area contributed by atoms with Crippen LogP contribution < -0.4 is 5.73 Å². The first kappa shape index (κ1) is 12.5. The molecule has 0 bridgehead atoms. The molecule has 1 aliphatic rings. The fourth-order valence-corrected chi connectivity index (χ4v) is 2.68. The number of aryl methyl sites for hydroxylation is 1. The van der Waals surface area contributed by atoms with Crippen LogP contribution in [0.4, 0.5) is 0 Å². The Morgan fingerprint density at radius 1 is 1.24 bits per heavy atom. The number of hydrogen-bond donors (Lipinski definition) is 1. The molecule has 2 rings (SSSR count). The molecule has 3 nitrogen and oxygen atoms in total. The van der Waals surface area contributed by atoms with Gasteiger partial charge in [0.2, 0.25) is 0 Å². The Kier molecular flexibility index (Phi) is 4.11. The minimum absolute atomic E-state index is 0.0261. The van der Waals surface area contributed by atoms with Crippen molar-refractivity contribution in [3.63, 3.8) is 0 Å². The minimum Gasteiger partial charge on any atom is -0.324 e. The van der Waals surface area contributed by atoms with E-state index in [1.54, 1.807) is 0 Å². The van der Waals surface area contributed by atoms with Gasteiger partial charge in [-0.15, -0.1) is 0 Å². The van der Waals surface area contributed by atoms with Crippen molar-refractivity contribution in [1.82, 2.24) is 9.97 Å². The third kappa shape index (κ3) is 3.03. The van der Waals surface area contributed by atoms with Crippen molar-refractivity contribution >= 4 is 0 Å².